The van der Waals surface area contributed by atoms with E-state index in [2.05, 4.69) is 37.0 Å². The van der Waals surface area contributed by atoms with Crippen LogP contribution in [0.15, 0.2) is 49.2 Å². The van der Waals surface area contributed by atoms with Gasteiger partial charge >= 0.3 is 5.97 Å². The number of nitrogens with zero attached hydrogens (tertiary/aromatic N) is 3. The summed E-state index contributed by atoms with van der Waals surface area (Å²) in [4.78, 5) is 29.9. The molecule has 3 rings (SSSR count). The van der Waals surface area contributed by atoms with Crippen LogP contribution < -0.4 is 15.0 Å². The second-order valence-corrected chi connectivity index (χ2v) is 10.5. The number of carbonyl (C=O) groups is 1. The average molecular weight is 609 g/mol. The van der Waals surface area contributed by atoms with Gasteiger partial charge < -0.3 is 14.2 Å². The first-order valence-corrected chi connectivity index (χ1v) is 12.5. The van der Waals surface area contributed by atoms with Gasteiger partial charge in [0.25, 0.3) is 5.56 Å². The molecule has 10 heteroatoms. The van der Waals surface area contributed by atoms with Gasteiger partial charge in [-0.2, -0.15) is 9.78 Å². The number of hydrogen-bond donors (Lipinski definition) is 0. The zero-order valence-electron chi connectivity index (χ0n) is 20.4. The molecular formula is C25H27Br2N3O5. The molecule has 0 saturated heterocycles. The van der Waals surface area contributed by atoms with Crippen molar-refractivity contribution in [2.45, 2.75) is 46.1 Å². The Hall–Kier alpha value is -2.72. The van der Waals surface area contributed by atoms with Crippen LogP contribution >= 0.6 is 31.9 Å². The van der Waals surface area contributed by atoms with Gasteiger partial charge in [-0.15, -0.1) is 0 Å². The third-order valence-electron chi connectivity index (χ3n) is 4.99. The van der Waals surface area contributed by atoms with Gasteiger partial charge in [0.2, 0.25) is 0 Å². The summed E-state index contributed by atoms with van der Waals surface area (Å²) >= 11 is 6.94. The highest BCUT2D eigenvalue weighted by Gasteiger charge is 2.23. The highest BCUT2D eigenvalue weighted by Crippen LogP contribution is 2.34. The minimum absolute atomic E-state index is 0.273. The summed E-state index contributed by atoms with van der Waals surface area (Å²) in [5.41, 5.74) is 0.543. The third kappa shape index (κ3) is 6.10. The second kappa shape index (κ2) is 10.9. The number of halogens is 2. The fourth-order valence-electron chi connectivity index (χ4n) is 3.28. The molecule has 0 radical (unpaired) electrons. The van der Waals surface area contributed by atoms with Crippen molar-refractivity contribution < 1.29 is 19.0 Å². The van der Waals surface area contributed by atoms with Crippen molar-refractivity contribution in [3.63, 3.8) is 0 Å². The lowest BCUT2D eigenvalue weighted by Crippen LogP contribution is -2.29. The van der Waals surface area contributed by atoms with Gasteiger partial charge in [-0.1, -0.05) is 36.7 Å². The van der Waals surface area contributed by atoms with Crippen LogP contribution in [0.5, 0.6) is 11.5 Å². The number of esters is 1. The molecule has 0 unspecified atom stereocenters. The summed E-state index contributed by atoms with van der Waals surface area (Å²) < 4.78 is 19.0. The standard InChI is InChI=1S/C25H27Br2N3O5/c1-7-34-20-10-15(18(27)12-21(20)35-14(2)23(32)33-6)13-28-30-22(31)17-11-16(26)8-9-19(17)29-24(30)25(3,4)5/h8-14H,7H2,1-6H3/t14-/m0/s1. The fraction of sp³-hybridized carbons (Fsp3) is 0.360. The van der Waals surface area contributed by atoms with E-state index in [1.54, 1.807) is 31.3 Å². The predicted octanol–water partition coefficient (Wildman–Crippen LogP) is 5.44. The van der Waals surface area contributed by atoms with Crippen molar-refractivity contribution >= 4 is 54.9 Å². The molecule has 0 aliphatic heterocycles. The molecule has 0 bridgehead atoms. The summed E-state index contributed by atoms with van der Waals surface area (Å²) in [6.45, 7) is 9.75. The van der Waals surface area contributed by atoms with Gasteiger partial charge in [0.05, 0.1) is 30.8 Å². The SMILES string of the molecule is CCOc1cc(C=Nn2c(C(C)(C)C)nc3ccc(Br)cc3c2=O)c(Br)cc1O[C@@H](C)C(=O)OC. The largest absolute Gasteiger partial charge is 0.490 e. The van der Waals surface area contributed by atoms with Crippen molar-refractivity contribution in [1.82, 2.24) is 9.66 Å². The molecule has 0 aliphatic rings. The van der Waals surface area contributed by atoms with Crippen LogP contribution in [0.25, 0.3) is 10.9 Å². The van der Waals surface area contributed by atoms with Crippen LogP contribution in [0.3, 0.4) is 0 Å². The quantitative estimate of drug-likeness (QED) is 0.262. The van der Waals surface area contributed by atoms with Gasteiger partial charge in [0.15, 0.2) is 17.6 Å². The summed E-state index contributed by atoms with van der Waals surface area (Å²) in [5, 5.41) is 4.97. The number of fused-ring (bicyclic) bond motifs is 1. The third-order valence-corrected chi connectivity index (χ3v) is 6.17. The summed E-state index contributed by atoms with van der Waals surface area (Å²) in [5.74, 6) is 0.829. The maximum Gasteiger partial charge on any atom is 0.346 e. The fourth-order valence-corrected chi connectivity index (χ4v) is 4.06. The van der Waals surface area contributed by atoms with Crippen LogP contribution in [0.2, 0.25) is 0 Å². The van der Waals surface area contributed by atoms with E-state index >= 15 is 0 Å². The normalized spacial score (nSPS) is 12.7. The Kier molecular flexibility index (Phi) is 8.38. The number of rotatable bonds is 7. The first kappa shape index (κ1) is 26.9. The van der Waals surface area contributed by atoms with E-state index < -0.39 is 17.5 Å². The smallest absolute Gasteiger partial charge is 0.346 e. The molecule has 1 heterocycles. The van der Waals surface area contributed by atoms with Crippen LogP contribution in [0.1, 0.15) is 46.0 Å². The topological polar surface area (TPSA) is 92.0 Å². The number of methoxy groups -OCH3 is 1. The Morgan fingerprint density at radius 1 is 1.20 bits per heavy atom. The first-order valence-electron chi connectivity index (χ1n) is 10.9. The van der Waals surface area contributed by atoms with E-state index in [-0.39, 0.29) is 5.56 Å². The van der Waals surface area contributed by atoms with Crippen LogP contribution in [-0.2, 0) is 14.9 Å². The molecule has 0 N–H and O–H groups in total. The number of aromatic nitrogens is 2. The summed E-state index contributed by atoms with van der Waals surface area (Å²) in [6.07, 6.45) is 0.740. The molecule has 35 heavy (non-hydrogen) atoms. The lowest BCUT2D eigenvalue weighted by Gasteiger charge is -2.21. The monoisotopic (exact) mass is 607 g/mol. The Bertz CT molecular complexity index is 1350. The number of carbonyl (C=O) groups excluding carboxylic acids is 1. The van der Waals surface area contributed by atoms with Crippen LogP contribution in [0.4, 0.5) is 0 Å². The Balaban J connectivity index is 2.11. The van der Waals surface area contributed by atoms with Crippen LogP contribution in [0, 0.1) is 0 Å². The highest BCUT2D eigenvalue weighted by atomic mass is 79.9. The lowest BCUT2D eigenvalue weighted by molar-refractivity contribution is -0.147. The van der Waals surface area contributed by atoms with Crippen LogP contribution in [-0.4, -0.2) is 41.7 Å². The molecule has 0 amide bonds. The zero-order valence-corrected chi connectivity index (χ0v) is 23.6. The van der Waals surface area contributed by atoms with E-state index in [4.69, 9.17) is 19.2 Å². The molecule has 0 fully saturated rings. The van der Waals surface area contributed by atoms with E-state index in [1.807, 2.05) is 39.8 Å². The predicted molar refractivity (Wildman–Crippen MR) is 143 cm³/mol. The zero-order chi connectivity index (χ0) is 25.9. The second-order valence-electron chi connectivity index (χ2n) is 8.75. The van der Waals surface area contributed by atoms with Crippen molar-refractivity contribution in [3.8, 4) is 11.5 Å². The number of benzene rings is 2. The molecule has 2 aromatic carbocycles. The molecule has 0 aliphatic carbocycles. The van der Waals surface area contributed by atoms with E-state index in [0.717, 1.165) is 4.47 Å². The van der Waals surface area contributed by atoms with E-state index in [9.17, 15) is 9.59 Å². The minimum atomic E-state index is -0.818. The van der Waals surface area contributed by atoms with Gasteiger partial charge in [0, 0.05) is 19.9 Å². The minimum Gasteiger partial charge on any atom is -0.490 e. The van der Waals surface area contributed by atoms with Crippen molar-refractivity contribution in [1.29, 1.82) is 0 Å². The molecule has 8 nitrogen and oxygen atoms in total. The van der Waals surface area contributed by atoms with Crippen molar-refractivity contribution in [2.24, 2.45) is 5.10 Å². The molecule has 186 valence electrons. The maximum atomic E-state index is 13.4. The van der Waals surface area contributed by atoms with E-state index in [0.29, 0.717) is 44.9 Å². The van der Waals surface area contributed by atoms with Gasteiger partial charge in [0.1, 0.15) is 5.82 Å². The van der Waals surface area contributed by atoms with Gasteiger partial charge in [-0.3, -0.25) is 4.79 Å². The lowest BCUT2D eigenvalue weighted by atomic mass is 9.95. The summed E-state index contributed by atoms with van der Waals surface area (Å²) in [7, 11) is 1.30. The Morgan fingerprint density at radius 3 is 2.54 bits per heavy atom. The Labute approximate surface area is 220 Å². The molecule has 0 saturated carbocycles. The summed E-state index contributed by atoms with van der Waals surface area (Å²) in [6, 6.07) is 8.81. The molecular weight excluding hydrogens is 582 g/mol. The van der Waals surface area contributed by atoms with Gasteiger partial charge in [-0.25, -0.2) is 9.78 Å². The number of hydrogen-bond acceptors (Lipinski definition) is 7. The molecule has 1 atom stereocenters. The molecule has 0 spiro atoms. The Morgan fingerprint density at radius 2 is 1.91 bits per heavy atom. The van der Waals surface area contributed by atoms with Gasteiger partial charge in [-0.05, 0) is 60.1 Å². The molecule has 1 aromatic heterocycles. The first-order chi connectivity index (χ1) is 16.5. The van der Waals surface area contributed by atoms with E-state index in [1.165, 1.54) is 11.8 Å². The van der Waals surface area contributed by atoms with Crippen molar-refractivity contribution in [2.75, 3.05) is 13.7 Å². The molecule has 3 aromatic rings. The van der Waals surface area contributed by atoms with Crippen molar-refractivity contribution in [3.05, 3.63) is 61.0 Å². The maximum absolute atomic E-state index is 13.4. The highest BCUT2D eigenvalue weighted by molar-refractivity contribution is 9.10. The number of ether oxygens (including phenoxy) is 3. The average Bonchev–Trinajstić information content (AvgIpc) is 2.79.